The molecule has 0 bridgehead atoms. The van der Waals surface area contributed by atoms with Gasteiger partial charge in [0, 0.05) is 6.54 Å². The SMILES string of the molecule is NC(=O)Cc1cccc2c1CCNC2. The molecule has 0 saturated heterocycles. The number of amides is 1. The Balaban J connectivity index is 2.35. The standard InChI is InChI=1S/C11H14N2O/c12-11(14)6-8-2-1-3-9-7-13-5-4-10(8)9/h1-3,13H,4-7H2,(H2,12,14). The molecule has 0 aliphatic carbocycles. The van der Waals surface area contributed by atoms with Gasteiger partial charge in [0.25, 0.3) is 0 Å². The summed E-state index contributed by atoms with van der Waals surface area (Å²) in [5, 5.41) is 3.31. The summed E-state index contributed by atoms with van der Waals surface area (Å²) in [6, 6.07) is 6.09. The number of primary amides is 1. The first-order chi connectivity index (χ1) is 6.77. The second-order valence-electron chi connectivity index (χ2n) is 3.62. The second kappa shape index (κ2) is 3.80. The van der Waals surface area contributed by atoms with E-state index in [2.05, 4.69) is 11.4 Å². The molecule has 3 nitrogen and oxygen atoms in total. The number of hydrogen-bond acceptors (Lipinski definition) is 2. The molecule has 0 spiro atoms. The summed E-state index contributed by atoms with van der Waals surface area (Å²) < 4.78 is 0. The monoisotopic (exact) mass is 190 g/mol. The van der Waals surface area contributed by atoms with E-state index in [1.807, 2.05) is 12.1 Å². The quantitative estimate of drug-likeness (QED) is 0.707. The minimum atomic E-state index is -0.253. The van der Waals surface area contributed by atoms with Crippen molar-refractivity contribution in [2.75, 3.05) is 6.54 Å². The lowest BCUT2D eigenvalue weighted by molar-refractivity contribution is -0.117. The highest BCUT2D eigenvalue weighted by Gasteiger charge is 2.12. The van der Waals surface area contributed by atoms with E-state index in [0.29, 0.717) is 6.42 Å². The minimum Gasteiger partial charge on any atom is -0.369 e. The Morgan fingerprint density at radius 3 is 3.14 bits per heavy atom. The molecule has 2 rings (SSSR count). The smallest absolute Gasteiger partial charge is 0.221 e. The molecule has 14 heavy (non-hydrogen) atoms. The van der Waals surface area contributed by atoms with Gasteiger partial charge in [-0.3, -0.25) is 4.79 Å². The van der Waals surface area contributed by atoms with Crippen LogP contribution in [0.4, 0.5) is 0 Å². The first-order valence-electron chi connectivity index (χ1n) is 4.86. The van der Waals surface area contributed by atoms with Crippen LogP contribution in [0, 0.1) is 0 Å². The summed E-state index contributed by atoms with van der Waals surface area (Å²) in [5.41, 5.74) is 8.91. The molecule has 0 unspecified atom stereocenters. The average molecular weight is 190 g/mol. The number of carbonyl (C=O) groups is 1. The van der Waals surface area contributed by atoms with Crippen LogP contribution >= 0.6 is 0 Å². The van der Waals surface area contributed by atoms with Crippen molar-refractivity contribution < 1.29 is 4.79 Å². The lowest BCUT2D eigenvalue weighted by Gasteiger charge is -2.19. The average Bonchev–Trinajstić information content (AvgIpc) is 2.18. The molecule has 1 aromatic carbocycles. The van der Waals surface area contributed by atoms with E-state index in [9.17, 15) is 4.79 Å². The van der Waals surface area contributed by atoms with Gasteiger partial charge in [0.05, 0.1) is 6.42 Å². The molecule has 3 heteroatoms. The zero-order valence-electron chi connectivity index (χ0n) is 8.05. The van der Waals surface area contributed by atoms with E-state index in [1.54, 1.807) is 0 Å². The van der Waals surface area contributed by atoms with E-state index in [-0.39, 0.29) is 5.91 Å². The Hall–Kier alpha value is -1.35. The van der Waals surface area contributed by atoms with Crippen molar-refractivity contribution in [3.63, 3.8) is 0 Å². The normalized spacial score (nSPS) is 14.9. The molecule has 1 aromatic rings. The predicted octanol–water partition coefficient (Wildman–Crippen LogP) is 0.360. The number of carbonyl (C=O) groups excluding carboxylic acids is 1. The van der Waals surface area contributed by atoms with Crippen molar-refractivity contribution >= 4 is 5.91 Å². The molecule has 1 amide bonds. The summed E-state index contributed by atoms with van der Waals surface area (Å²) >= 11 is 0. The fourth-order valence-electron chi connectivity index (χ4n) is 1.96. The van der Waals surface area contributed by atoms with Crippen LogP contribution in [-0.2, 0) is 24.2 Å². The Kier molecular flexibility index (Phi) is 2.50. The van der Waals surface area contributed by atoms with Gasteiger partial charge >= 0.3 is 0 Å². The molecule has 3 N–H and O–H groups in total. The molecular weight excluding hydrogens is 176 g/mol. The number of rotatable bonds is 2. The third-order valence-corrected chi connectivity index (χ3v) is 2.60. The van der Waals surface area contributed by atoms with Crippen LogP contribution < -0.4 is 11.1 Å². The highest BCUT2D eigenvalue weighted by atomic mass is 16.1. The maximum atomic E-state index is 10.9. The maximum Gasteiger partial charge on any atom is 0.221 e. The third-order valence-electron chi connectivity index (χ3n) is 2.60. The molecule has 1 aliphatic heterocycles. The van der Waals surface area contributed by atoms with Gasteiger partial charge in [-0.1, -0.05) is 18.2 Å². The molecule has 1 heterocycles. The van der Waals surface area contributed by atoms with E-state index < -0.39 is 0 Å². The third kappa shape index (κ3) is 1.77. The second-order valence-corrected chi connectivity index (χ2v) is 3.62. The molecule has 0 radical (unpaired) electrons. The highest BCUT2D eigenvalue weighted by molar-refractivity contribution is 5.77. The lowest BCUT2D eigenvalue weighted by atomic mass is 9.94. The maximum absolute atomic E-state index is 10.9. The van der Waals surface area contributed by atoms with Crippen LogP contribution in [0.25, 0.3) is 0 Å². The van der Waals surface area contributed by atoms with Crippen molar-refractivity contribution in [1.29, 1.82) is 0 Å². The van der Waals surface area contributed by atoms with E-state index in [1.165, 1.54) is 11.1 Å². The van der Waals surface area contributed by atoms with Gasteiger partial charge in [-0.05, 0) is 29.7 Å². The van der Waals surface area contributed by atoms with Gasteiger partial charge in [-0.25, -0.2) is 0 Å². The van der Waals surface area contributed by atoms with Gasteiger partial charge in [0.15, 0.2) is 0 Å². The van der Waals surface area contributed by atoms with Crippen molar-refractivity contribution in [3.8, 4) is 0 Å². The van der Waals surface area contributed by atoms with Crippen LogP contribution in [0.1, 0.15) is 16.7 Å². The number of benzene rings is 1. The molecule has 0 aromatic heterocycles. The summed E-state index contributed by atoms with van der Waals surface area (Å²) in [4.78, 5) is 10.9. The highest BCUT2D eigenvalue weighted by Crippen LogP contribution is 2.18. The molecule has 0 atom stereocenters. The predicted molar refractivity (Wildman–Crippen MR) is 54.8 cm³/mol. The van der Waals surface area contributed by atoms with Gasteiger partial charge in [0.1, 0.15) is 0 Å². The molecule has 0 saturated carbocycles. The van der Waals surface area contributed by atoms with Crippen molar-refractivity contribution in [2.45, 2.75) is 19.4 Å². The van der Waals surface area contributed by atoms with Gasteiger partial charge in [-0.2, -0.15) is 0 Å². The number of nitrogens with two attached hydrogens (primary N) is 1. The van der Waals surface area contributed by atoms with Crippen LogP contribution in [0.5, 0.6) is 0 Å². The summed E-state index contributed by atoms with van der Waals surface area (Å²) in [6.45, 7) is 1.89. The molecule has 0 fully saturated rings. The van der Waals surface area contributed by atoms with E-state index >= 15 is 0 Å². The van der Waals surface area contributed by atoms with Gasteiger partial charge in [0.2, 0.25) is 5.91 Å². The van der Waals surface area contributed by atoms with Crippen LogP contribution in [0.2, 0.25) is 0 Å². The number of nitrogens with one attached hydrogen (secondary N) is 1. The van der Waals surface area contributed by atoms with Crippen LogP contribution in [-0.4, -0.2) is 12.5 Å². The molecular formula is C11H14N2O. The summed E-state index contributed by atoms with van der Waals surface area (Å²) in [7, 11) is 0. The topological polar surface area (TPSA) is 55.1 Å². The Morgan fingerprint density at radius 1 is 1.50 bits per heavy atom. The zero-order valence-corrected chi connectivity index (χ0v) is 8.05. The Morgan fingerprint density at radius 2 is 2.36 bits per heavy atom. The fourth-order valence-corrected chi connectivity index (χ4v) is 1.96. The molecule has 1 aliphatic rings. The summed E-state index contributed by atoms with van der Waals surface area (Å²) in [6.07, 6.45) is 1.36. The Labute approximate surface area is 83.3 Å². The first-order valence-corrected chi connectivity index (χ1v) is 4.86. The largest absolute Gasteiger partial charge is 0.369 e. The van der Waals surface area contributed by atoms with Gasteiger partial charge < -0.3 is 11.1 Å². The van der Waals surface area contributed by atoms with Crippen molar-refractivity contribution in [1.82, 2.24) is 5.32 Å². The van der Waals surface area contributed by atoms with Crippen molar-refractivity contribution in [2.24, 2.45) is 5.73 Å². The van der Waals surface area contributed by atoms with E-state index in [0.717, 1.165) is 25.1 Å². The summed E-state index contributed by atoms with van der Waals surface area (Å²) in [5.74, 6) is -0.253. The lowest BCUT2D eigenvalue weighted by Crippen LogP contribution is -2.25. The van der Waals surface area contributed by atoms with E-state index in [4.69, 9.17) is 5.73 Å². The first kappa shape index (κ1) is 9.21. The van der Waals surface area contributed by atoms with Gasteiger partial charge in [-0.15, -0.1) is 0 Å². The molecule has 74 valence electrons. The minimum absolute atomic E-state index is 0.253. The van der Waals surface area contributed by atoms with Crippen LogP contribution in [0.15, 0.2) is 18.2 Å². The number of hydrogen-bond donors (Lipinski definition) is 2. The number of fused-ring (bicyclic) bond motifs is 1. The van der Waals surface area contributed by atoms with Crippen molar-refractivity contribution in [3.05, 3.63) is 34.9 Å². The van der Waals surface area contributed by atoms with Crippen LogP contribution in [0.3, 0.4) is 0 Å². The fraction of sp³-hybridized carbons (Fsp3) is 0.364. The zero-order chi connectivity index (χ0) is 9.97. The Bertz CT molecular complexity index is 360.